The summed E-state index contributed by atoms with van der Waals surface area (Å²) in [7, 11) is 0. The number of alkyl halides is 1. The highest BCUT2D eigenvalue weighted by atomic mass is 79.9. The molecule has 0 heterocycles. The topological polar surface area (TPSA) is 38.3 Å². The van der Waals surface area contributed by atoms with Crippen molar-refractivity contribution < 1.29 is 9.53 Å². The van der Waals surface area contributed by atoms with E-state index >= 15 is 0 Å². The minimum atomic E-state index is 0.00661. The van der Waals surface area contributed by atoms with Gasteiger partial charge in [0.25, 0.3) is 0 Å². The van der Waals surface area contributed by atoms with E-state index in [1.54, 1.807) is 0 Å². The van der Waals surface area contributed by atoms with Crippen LogP contribution in [-0.4, -0.2) is 29.5 Å². The van der Waals surface area contributed by atoms with Crippen LogP contribution in [0.15, 0.2) is 0 Å². The highest BCUT2D eigenvalue weighted by Gasteiger charge is 2.36. The Balaban J connectivity index is 1.73. The maximum atomic E-state index is 12.3. The first-order chi connectivity index (χ1) is 9.57. The van der Waals surface area contributed by atoms with E-state index in [0.717, 1.165) is 43.5 Å². The van der Waals surface area contributed by atoms with E-state index in [1.807, 2.05) is 6.92 Å². The number of hydrogen-bond donors (Lipinski definition) is 1. The molecule has 0 spiro atoms. The summed E-state index contributed by atoms with van der Waals surface area (Å²) in [6.45, 7) is 5.13. The van der Waals surface area contributed by atoms with E-state index in [0.29, 0.717) is 18.4 Å². The Hall–Kier alpha value is -0.0900. The smallest absolute Gasteiger partial charge is 0.220 e. The Labute approximate surface area is 131 Å². The fraction of sp³-hybridized carbons (Fsp3) is 0.938. The molecule has 20 heavy (non-hydrogen) atoms. The van der Waals surface area contributed by atoms with E-state index in [4.69, 9.17) is 4.74 Å². The summed E-state index contributed by atoms with van der Waals surface area (Å²) in [5, 5.41) is 4.20. The first-order valence-corrected chi connectivity index (χ1v) is 9.17. The molecule has 0 aromatic carbocycles. The third-order valence-electron chi connectivity index (χ3n) is 4.96. The maximum Gasteiger partial charge on any atom is 0.220 e. The molecule has 116 valence electrons. The number of nitrogens with one attached hydrogen (secondary N) is 1. The number of ether oxygens (including phenoxy) is 1. The lowest BCUT2D eigenvalue weighted by molar-refractivity contribution is -0.126. The third kappa shape index (κ3) is 4.20. The molecule has 0 aliphatic heterocycles. The first-order valence-electron chi connectivity index (χ1n) is 8.05. The largest absolute Gasteiger partial charge is 0.378 e. The zero-order valence-electron chi connectivity index (χ0n) is 12.8. The second-order valence-corrected chi connectivity index (χ2v) is 7.32. The van der Waals surface area contributed by atoms with Crippen molar-refractivity contribution in [2.45, 2.75) is 70.4 Å². The van der Waals surface area contributed by atoms with Crippen LogP contribution in [0.4, 0.5) is 0 Å². The zero-order valence-corrected chi connectivity index (χ0v) is 14.4. The van der Waals surface area contributed by atoms with Gasteiger partial charge in [-0.3, -0.25) is 4.79 Å². The molecule has 0 atom stereocenters. The predicted octanol–water partition coefficient (Wildman–Crippen LogP) is 3.65. The molecule has 1 N–H and O–H groups in total. The van der Waals surface area contributed by atoms with Crippen LogP contribution in [0.5, 0.6) is 0 Å². The molecule has 1 amide bonds. The lowest BCUT2D eigenvalue weighted by Gasteiger charge is -2.40. The molecular weight excluding hydrogens is 318 g/mol. The number of carbonyl (C=O) groups is 1. The van der Waals surface area contributed by atoms with Crippen molar-refractivity contribution in [3.63, 3.8) is 0 Å². The molecule has 0 bridgehead atoms. The number of halogens is 1. The molecule has 0 saturated heterocycles. The van der Waals surface area contributed by atoms with Crippen molar-refractivity contribution in [3.05, 3.63) is 0 Å². The van der Waals surface area contributed by atoms with E-state index in [2.05, 4.69) is 28.2 Å². The molecule has 2 rings (SSSR count). The summed E-state index contributed by atoms with van der Waals surface area (Å²) in [4.78, 5) is 12.3. The molecule has 0 radical (unpaired) electrons. The van der Waals surface area contributed by atoms with Gasteiger partial charge in [0.2, 0.25) is 5.91 Å². The Morgan fingerprint density at radius 1 is 1.35 bits per heavy atom. The Bertz CT molecular complexity index is 320. The number of amides is 1. The fourth-order valence-electron chi connectivity index (χ4n) is 3.43. The summed E-state index contributed by atoms with van der Waals surface area (Å²) >= 11 is 3.61. The summed E-state index contributed by atoms with van der Waals surface area (Å²) in [5.74, 6) is 1.57. The number of rotatable bonds is 6. The van der Waals surface area contributed by atoms with Crippen molar-refractivity contribution >= 4 is 21.8 Å². The van der Waals surface area contributed by atoms with Crippen molar-refractivity contribution in [3.8, 4) is 0 Å². The Morgan fingerprint density at radius 3 is 2.55 bits per heavy atom. The van der Waals surface area contributed by atoms with Crippen LogP contribution in [0, 0.1) is 11.8 Å². The molecule has 0 aromatic heterocycles. The van der Waals surface area contributed by atoms with E-state index in [9.17, 15) is 4.79 Å². The summed E-state index contributed by atoms with van der Waals surface area (Å²) in [6.07, 6.45) is 7.85. The van der Waals surface area contributed by atoms with Gasteiger partial charge >= 0.3 is 0 Å². The summed E-state index contributed by atoms with van der Waals surface area (Å²) in [5.41, 5.74) is 0.00661. The van der Waals surface area contributed by atoms with E-state index in [1.165, 1.54) is 12.8 Å². The van der Waals surface area contributed by atoms with Crippen LogP contribution in [0.25, 0.3) is 0 Å². The fourth-order valence-corrected chi connectivity index (χ4v) is 4.13. The average Bonchev–Trinajstić information content (AvgIpc) is 2.39. The van der Waals surface area contributed by atoms with Crippen molar-refractivity contribution in [2.24, 2.45) is 11.8 Å². The lowest BCUT2D eigenvalue weighted by Crippen LogP contribution is -2.52. The number of hydrogen-bond acceptors (Lipinski definition) is 2. The van der Waals surface area contributed by atoms with Gasteiger partial charge in [0.05, 0.1) is 6.10 Å². The predicted molar refractivity (Wildman–Crippen MR) is 85.1 cm³/mol. The second kappa shape index (κ2) is 7.26. The van der Waals surface area contributed by atoms with Crippen LogP contribution >= 0.6 is 15.9 Å². The van der Waals surface area contributed by atoms with Gasteiger partial charge in [-0.05, 0) is 57.3 Å². The first kappa shape index (κ1) is 16.3. The van der Waals surface area contributed by atoms with Crippen molar-refractivity contribution in [1.82, 2.24) is 5.32 Å². The van der Waals surface area contributed by atoms with Gasteiger partial charge in [0.1, 0.15) is 0 Å². The standard InChI is InChI=1S/C16H28BrNO2/c1-3-20-14-8-13(9-14)10-15(19)18-16(11-17)6-4-12(2)5-7-16/h12-14H,3-11H2,1-2H3,(H,18,19). The summed E-state index contributed by atoms with van der Waals surface area (Å²) < 4.78 is 5.55. The highest BCUT2D eigenvalue weighted by Crippen LogP contribution is 2.35. The molecule has 2 fully saturated rings. The van der Waals surface area contributed by atoms with E-state index in [-0.39, 0.29) is 11.4 Å². The van der Waals surface area contributed by atoms with Gasteiger partial charge in [-0.1, -0.05) is 22.9 Å². The minimum Gasteiger partial charge on any atom is -0.378 e. The van der Waals surface area contributed by atoms with Gasteiger partial charge in [-0.2, -0.15) is 0 Å². The quantitative estimate of drug-likeness (QED) is 0.746. The SMILES string of the molecule is CCOC1CC(CC(=O)NC2(CBr)CCC(C)CC2)C1. The third-order valence-corrected chi connectivity index (χ3v) is 6.03. The van der Waals surface area contributed by atoms with Crippen LogP contribution in [0.1, 0.15) is 58.8 Å². The van der Waals surface area contributed by atoms with Crippen LogP contribution in [0.2, 0.25) is 0 Å². The zero-order chi connectivity index (χ0) is 14.6. The van der Waals surface area contributed by atoms with Gasteiger partial charge in [-0.25, -0.2) is 0 Å². The van der Waals surface area contributed by atoms with Gasteiger partial charge < -0.3 is 10.1 Å². The number of carbonyl (C=O) groups excluding carboxylic acids is 1. The normalized spacial score (nSPS) is 37.2. The van der Waals surface area contributed by atoms with Crippen molar-refractivity contribution in [1.29, 1.82) is 0 Å². The van der Waals surface area contributed by atoms with Crippen LogP contribution in [0.3, 0.4) is 0 Å². The molecule has 0 unspecified atom stereocenters. The van der Waals surface area contributed by atoms with E-state index < -0.39 is 0 Å². The van der Waals surface area contributed by atoms with Crippen LogP contribution < -0.4 is 5.32 Å². The lowest BCUT2D eigenvalue weighted by atomic mass is 9.77. The molecule has 2 saturated carbocycles. The molecule has 2 aliphatic rings. The average molecular weight is 346 g/mol. The van der Waals surface area contributed by atoms with Gasteiger partial charge in [0, 0.05) is 23.9 Å². The molecular formula is C16H28BrNO2. The Morgan fingerprint density at radius 2 is 2.00 bits per heavy atom. The van der Waals surface area contributed by atoms with Crippen LogP contribution in [-0.2, 0) is 9.53 Å². The van der Waals surface area contributed by atoms with Gasteiger partial charge in [-0.15, -0.1) is 0 Å². The second-order valence-electron chi connectivity index (χ2n) is 6.76. The molecule has 3 nitrogen and oxygen atoms in total. The minimum absolute atomic E-state index is 0.00661. The van der Waals surface area contributed by atoms with Gasteiger partial charge in [0.15, 0.2) is 0 Å². The molecule has 2 aliphatic carbocycles. The summed E-state index contributed by atoms with van der Waals surface area (Å²) in [6, 6.07) is 0. The monoisotopic (exact) mass is 345 g/mol. The maximum absolute atomic E-state index is 12.3. The molecule has 0 aromatic rings. The van der Waals surface area contributed by atoms with Crippen molar-refractivity contribution in [2.75, 3.05) is 11.9 Å². The highest BCUT2D eigenvalue weighted by molar-refractivity contribution is 9.09. The Kier molecular flexibility index (Phi) is 5.91. The molecule has 4 heteroatoms.